The van der Waals surface area contributed by atoms with Gasteiger partial charge in [-0.3, -0.25) is 4.79 Å². The van der Waals surface area contributed by atoms with Crippen LogP contribution < -0.4 is 5.73 Å². The van der Waals surface area contributed by atoms with Gasteiger partial charge in [0.2, 0.25) is 0 Å². The molecule has 0 heterocycles. The summed E-state index contributed by atoms with van der Waals surface area (Å²) in [5.41, 5.74) is 5.45. The zero-order valence-electron chi connectivity index (χ0n) is 9.66. The Morgan fingerprint density at radius 3 is 2.53 bits per heavy atom. The average molecular weight is 211 g/mol. The normalized spacial score (nSPS) is 35.9. The molecule has 2 N–H and O–H groups in total. The third-order valence-electron chi connectivity index (χ3n) is 3.75. The molecule has 0 aromatic carbocycles. The molecule has 86 valence electrons. The maximum atomic E-state index is 11.8. The van der Waals surface area contributed by atoms with Gasteiger partial charge in [-0.25, -0.2) is 0 Å². The summed E-state index contributed by atoms with van der Waals surface area (Å²) in [6.07, 6.45) is 5.88. The van der Waals surface area contributed by atoms with Crippen LogP contribution in [0.3, 0.4) is 0 Å². The summed E-state index contributed by atoms with van der Waals surface area (Å²) in [6, 6.07) is 0. The average Bonchev–Trinajstić information content (AvgIpc) is 2.64. The maximum Gasteiger partial charge on any atom is 0.326 e. The van der Waals surface area contributed by atoms with Gasteiger partial charge in [0, 0.05) is 0 Å². The minimum atomic E-state index is -0.640. The molecule has 3 nitrogen and oxygen atoms in total. The van der Waals surface area contributed by atoms with Crippen LogP contribution in [0.1, 0.15) is 46.0 Å². The van der Waals surface area contributed by atoms with E-state index in [2.05, 4.69) is 0 Å². The Hall–Kier alpha value is -0.570. The number of carbonyl (C=O) groups is 1. The number of hydrogen-bond donors (Lipinski definition) is 1. The highest BCUT2D eigenvalue weighted by Gasteiger charge is 2.61. The highest BCUT2D eigenvalue weighted by molar-refractivity contribution is 5.85. The van der Waals surface area contributed by atoms with Gasteiger partial charge in [0.25, 0.3) is 0 Å². The fourth-order valence-electron chi connectivity index (χ4n) is 2.81. The minimum absolute atomic E-state index is 0.0530. The van der Waals surface area contributed by atoms with Gasteiger partial charge in [-0.05, 0) is 32.1 Å². The molecule has 0 spiro atoms. The molecule has 2 aliphatic rings. The van der Waals surface area contributed by atoms with E-state index in [-0.39, 0.29) is 12.1 Å². The van der Waals surface area contributed by atoms with Crippen molar-refractivity contribution in [3.05, 3.63) is 0 Å². The van der Waals surface area contributed by atoms with Crippen LogP contribution in [0.15, 0.2) is 0 Å². The standard InChI is InChI=1S/C12H21NO2/c1-8(2)15-11(14)12(13)7-10(12)9-5-3-4-6-9/h8-10H,3-7,13H2,1-2H3. The Balaban J connectivity index is 1.90. The van der Waals surface area contributed by atoms with Gasteiger partial charge in [-0.15, -0.1) is 0 Å². The molecule has 2 aliphatic carbocycles. The van der Waals surface area contributed by atoms with Crippen molar-refractivity contribution in [1.29, 1.82) is 0 Å². The van der Waals surface area contributed by atoms with E-state index in [9.17, 15) is 4.79 Å². The Labute approximate surface area is 91.4 Å². The van der Waals surface area contributed by atoms with E-state index in [1.807, 2.05) is 13.8 Å². The van der Waals surface area contributed by atoms with Crippen LogP contribution in [0.4, 0.5) is 0 Å². The second-order valence-electron chi connectivity index (χ2n) is 5.35. The van der Waals surface area contributed by atoms with Crippen LogP contribution in [0, 0.1) is 11.8 Å². The predicted octanol–water partition coefficient (Wildman–Crippen LogP) is 1.85. The molecule has 0 aromatic rings. The predicted molar refractivity (Wildman–Crippen MR) is 58.2 cm³/mol. The minimum Gasteiger partial charge on any atom is -0.462 e. The van der Waals surface area contributed by atoms with Crippen molar-refractivity contribution in [2.75, 3.05) is 0 Å². The quantitative estimate of drug-likeness (QED) is 0.725. The monoisotopic (exact) mass is 211 g/mol. The van der Waals surface area contributed by atoms with Crippen molar-refractivity contribution in [1.82, 2.24) is 0 Å². The Bertz CT molecular complexity index is 258. The highest BCUT2D eigenvalue weighted by Crippen LogP contribution is 2.52. The summed E-state index contributed by atoms with van der Waals surface area (Å²) in [5.74, 6) is 0.885. The lowest BCUT2D eigenvalue weighted by molar-refractivity contribution is -0.150. The van der Waals surface area contributed by atoms with Gasteiger partial charge >= 0.3 is 5.97 Å². The maximum absolute atomic E-state index is 11.8. The summed E-state index contributed by atoms with van der Waals surface area (Å²) in [4.78, 5) is 11.8. The number of carbonyl (C=O) groups excluding carboxylic acids is 1. The van der Waals surface area contributed by atoms with Crippen LogP contribution >= 0.6 is 0 Å². The summed E-state index contributed by atoms with van der Waals surface area (Å²) >= 11 is 0. The second kappa shape index (κ2) is 3.78. The van der Waals surface area contributed by atoms with Crippen LogP contribution in [-0.2, 0) is 9.53 Å². The van der Waals surface area contributed by atoms with Crippen molar-refractivity contribution in [2.24, 2.45) is 17.6 Å². The summed E-state index contributed by atoms with van der Waals surface area (Å²) in [5, 5.41) is 0. The van der Waals surface area contributed by atoms with Crippen molar-refractivity contribution in [2.45, 2.75) is 57.6 Å². The molecular formula is C12H21NO2. The van der Waals surface area contributed by atoms with E-state index < -0.39 is 5.54 Å². The Morgan fingerprint density at radius 1 is 1.40 bits per heavy atom. The smallest absolute Gasteiger partial charge is 0.326 e. The molecule has 0 aromatic heterocycles. The first-order valence-electron chi connectivity index (χ1n) is 6.04. The van der Waals surface area contributed by atoms with E-state index in [4.69, 9.17) is 10.5 Å². The molecule has 0 aliphatic heterocycles. The lowest BCUT2D eigenvalue weighted by atomic mass is 9.98. The molecule has 0 amide bonds. The molecule has 2 unspecified atom stereocenters. The van der Waals surface area contributed by atoms with Gasteiger partial charge in [-0.2, -0.15) is 0 Å². The van der Waals surface area contributed by atoms with Gasteiger partial charge < -0.3 is 10.5 Å². The first-order valence-corrected chi connectivity index (χ1v) is 6.04. The number of ether oxygens (including phenoxy) is 1. The van der Waals surface area contributed by atoms with Crippen molar-refractivity contribution in [3.8, 4) is 0 Å². The molecule has 0 radical (unpaired) electrons. The van der Waals surface area contributed by atoms with Gasteiger partial charge in [0.05, 0.1) is 6.10 Å². The third-order valence-corrected chi connectivity index (χ3v) is 3.75. The number of rotatable bonds is 3. The van der Waals surface area contributed by atoms with Crippen LogP contribution in [0.2, 0.25) is 0 Å². The largest absolute Gasteiger partial charge is 0.462 e. The first kappa shape index (κ1) is 10.9. The Morgan fingerprint density at radius 2 is 2.00 bits per heavy atom. The van der Waals surface area contributed by atoms with E-state index >= 15 is 0 Å². The summed E-state index contributed by atoms with van der Waals surface area (Å²) in [7, 11) is 0. The molecule has 0 saturated heterocycles. The van der Waals surface area contributed by atoms with Gasteiger partial charge in [0.15, 0.2) is 0 Å². The Kier molecular flexibility index (Phi) is 2.75. The zero-order chi connectivity index (χ0) is 11.1. The molecule has 3 heteroatoms. The molecule has 15 heavy (non-hydrogen) atoms. The van der Waals surface area contributed by atoms with Gasteiger partial charge in [-0.1, -0.05) is 25.7 Å². The molecule has 2 rings (SSSR count). The molecule has 2 atom stereocenters. The summed E-state index contributed by atoms with van der Waals surface area (Å²) in [6.45, 7) is 3.74. The summed E-state index contributed by atoms with van der Waals surface area (Å²) < 4.78 is 5.20. The van der Waals surface area contributed by atoms with Crippen molar-refractivity contribution in [3.63, 3.8) is 0 Å². The van der Waals surface area contributed by atoms with Crippen LogP contribution in [-0.4, -0.2) is 17.6 Å². The fraction of sp³-hybridized carbons (Fsp3) is 0.917. The van der Waals surface area contributed by atoms with E-state index in [1.165, 1.54) is 25.7 Å². The number of hydrogen-bond acceptors (Lipinski definition) is 3. The topological polar surface area (TPSA) is 52.3 Å². The highest BCUT2D eigenvalue weighted by atomic mass is 16.5. The van der Waals surface area contributed by atoms with Gasteiger partial charge in [0.1, 0.15) is 5.54 Å². The first-order chi connectivity index (χ1) is 7.04. The lowest BCUT2D eigenvalue weighted by Crippen LogP contribution is -2.39. The third kappa shape index (κ3) is 2.03. The molecule has 0 bridgehead atoms. The number of nitrogens with two attached hydrogens (primary N) is 1. The fourth-order valence-corrected chi connectivity index (χ4v) is 2.81. The molecular weight excluding hydrogens is 190 g/mol. The molecule has 2 saturated carbocycles. The number of esters is 1. The van der Waals surface area contributed by atoms with Crippen molar-refractivity contribution >= 4 is 5.97 Å². The van der Waals surface area contributed by atoms with E-state index in [1.54, 1.807) is 0 Å². The van der Waals surface area contributed by atoms with E-state index in [0.717, 1.165) is 6.42 Å². The van der Waals surface area contributed by atoms with Crippen LogP contribution in [0.25, 0.3) is 0 Å². The van der Waals surface area contributed by atoms with Crippen molar-refractivity contribution < 1.29 is 9.53 Å². The molecule has 2 fully saturated rings. The second-order valence-corrected chi connectivity index (χ2v) is 5.35. The van der Waals surface area contributed by atoms with Crippen LogP contribution in [0.5, 0.6) is 0 Å². The zero-order valence-corrected chi connectivity index (χ0v) is 9.66. The van der Waals surface area contributed by atoms with E-state index in [0.29, 0.717) is 11.8 Å². The SMILES string of the molecule is CC(C)OC(=O)C1(N)CC1C1CCCC1. The lowest BCUT2D eigenvalue weighted by Gasteiger charge is -2.16.